The molecule has 0 saturated heterocycles. The number of alkyl halides is 2. The van der Waals surface area contributed by atoms with Gasteiger partial charge in [-0.3, -0.25) is 0 Å². The molecule has 1 aromatic carbocycles. The van der Waals surface area contributed by atoms with Gasteiger partial charge in [0.2, 0.25) is 5.92 Å². The maximum absolute atomic E-state index is 13.3. The zero-order valence-electron chi connectivity index (χ0n) is 10.7. The molecule has 0 amide bonds. The largest absolute Gasteiger partial charge is 0.464 e. The Kier molecular flexibility index (Phi) is 2.86. The molecule has 1 fully saturated rings. The second kappa shape index (κ2) is 4.30. The van der Waals surface area contributed by atoms with E-state index < -0.39 is 5.92 Å². The number of hydrogen-bond donors (Lipinski definition) is 1. The van der Waals surface area contributed by atoms with Crippen molar-refractivity contribution in [2.75, 3.05) is 6.54 Å². The zero-order chi connectivity index (χ0) is 13.5. The summed E-state index contributed by atoms with van der Waals surface area (Å²) in [5.74, 6) is -2.53. The van der Waals surface area contributed by atoms with Crippen LogP contribution < -0.4 is 5.73 Å². The highest BCUT2D eigenvalue weighted by Gasteiger charge is 2.43. The molecule has 1 aliphatic rings. The van der Waals surface area contributed by atoms with Crippen LogP contribution in [0.1, 0.15) is 31.2 Å². The second-order valence-electron chi connectivity index (χ2n) is 5.51. The van der Waals surface area contributed by atoms with Crippen molar-refractivity contribution in [2.45, 2.75) is 37.0 Å². The van der Waals surface area contributed by atoms with E-state index in [0.717, 1.165) is 16.5 Å². The van der Waals surface area contributed by atoms with Crippen LogP contribution in [0.4, 0.5) is 8.78 Å². The Labute approximate surface area is 110 Å². The highest BCUT2D eigenvalue weighted by Crippen LogP contribution is 2.45. The van der Waals surface area contributed by atoms with Crippen LogP contribution in [0.3, 0.4) is 0 Å². The Balaban J connectivity index is 1.97. The highest BCUT2D eigenvalue weighted by atomic mass is 19.3. The molecule has 0 aliphatic heterocycles. The smallest absolute Gasteiger partial charge is 0.248 e. The van der Waals surface area contributed by atoms with Gasteiger partial charge in [0.05, 0.1) is 6.26 Å². The number of halogens is 2. The third kappa shape index (κ3) is 2.14. The summed E-state index contributed by atoms with van der Waals surface area (Å²) in [4.78, 5) is 0. The number of rotatable bonds is 2. The van der Waals surface area contributed by atoms with Crippen LogP contribution in [0.2, 0.25) is 0 Å². The quantitative estimate of drug-likeness (QED) is 0.896. The molecule has 2 nitrogen and oxygen atoms in total. The first kappa shape index (κ1) is 12.6. The van der Waals surface area contributed by atoms with Crippen molar-refractivity contribution in [3.05, 3.63) is 36.1 Å². The molecule has 1 aromatic heterocycles. The van der Waals surface area contributed by atoms with Gasteiger partial charge in [-0.25, -0.2) is 8.78 Å². The number of furan rings is 1. The molecule has 0 spiro atoms. The number of nitrogens with two attached hydrogens (primary N) is 1. The normalized spacial score (nSPS) is 21.6. The molecule has 1 aliphatic carbocycles. The van der Waals surface area contributed by atoms with Gasteiger partial charge in [0.1, 0.15) is 5.58 Å². The van der Waals surface area contributed by atoms with Crippen LogP contribution in [0, 0.1) is 0 Å². The molecule has 102 valence electrons. The van der Waals surface area contributed by atoms with Crippen LogP contribution >= 0.6 is 0 Å². The van der Waals surface area contributed by atoms with Crippen molar-refractivity contribution in [2.24, 2.45) is 5.73 Å². The van der Waals surface area contributed by atoms with Crippen molar-refractivity contribution >= 4 is 11.0 Å². The average Bonchev–Trinajstić information content (AvgIpc) is 2.87. The van der Waals surface area contributed by atoms with E-state index in [0.29, 0.717) is 19.4 Å². The lowest BCUT2D eigenvalue weighted by Crippen LogP contribution is -2.42. The fourth-order valence-corrected chi connectivity index (χ4v) is 3.00. The van der Waals surface area contributed by atoms with E-state index in [1.807, 2.05) is 24.3 Å². The van der Waals surface area contributed by atoms with Gasteiger partial charge in [0.25, 0.3) is 0 Å². The van der Waals surface area contributed by atoms with Crippen molar-refractivity contribution in [1.29, 1.82) is 0 Å². The lowest BCUT2D eigenvalue weighted by molar-refractivity contribution is -0.0509. The summed E-state index contributed by atoms with van der Waals surface area (Å²) in [6.45, 7) is 0.409. The van der Waals surface area contributed by atoms with Gasteiger partial charge in [0.15, 0.2) is 0 Å². The molecule has 4 heteroatoms. The standard InChI is InChI=1S/C15H17F2NO/c16-15(17)6-4-14(10-18,5-7-15)12-1-2-13-11(9-12)3-8-19-13/h1-3,8-9H,4-7,10,18H2. The highest BCUT2D eigenvalue weighted by molar-refractivity contribution is 5.78. The fourth-order valence-electron chi connectivity index (χ4n) is 3.00. The maximum atomic E-state index is 13.3. The van der Waals surface area contributed by atoms with E-state index in [9.17, 15) is 8.78 Å². The molecule has 3 rings (SSSR count). The number of hydrogen-bond acceptors (Lipinski definition) is 2. The first-order valence-electron chi connectivity index (χ1n) is 6.60. The molecule has 0 radical (unpaired) electrons. The molecule has 1 heterocycles. The average molecular weight is 265 g/mol. The summed E-state index contributed by atoms with van der Waals surface area (Å²) in [7, 11) is 0. The van der Waals surface area contributed by atoms with Crippen molar-refractivity contribution in [3.8, 4) is 0 Å². The topological polar surface area (TPSA) is 39.2 Å². The number of fused-ring (bicyclic) bond motifs is 1. The van der Waals surface area contributed by atoms with Gasteiger partial charge in [-0.2, -0.15) is 0 Å². The van der Waals surface area contributed by atoms with Gasteiger partial charge in [0, 0.05) is 30.2 Å². The molecule has 19 heavy (non-hydrogen) atoms. The summed E-state index contributed by atoms with van der Waals surface area (Å²) in [5, 5.41) is 1.00. The zero-order valence-corrected chi connectivity index (χ0v) is 10.7. The van der Waals surface area contributed by atoms with Gasteiger partial charge in [-0.1, -0.05) is 6.07 Å². The van der Waals surface area contributed by atoms with Crippen molar-refractivity contribution in [1.82, 2.24) is 0 Å². The summed E-state index contributed by atoms with van der Waals surface area (Å²) in [6.07, 6.45) is 2.37. The molecule has 1 saturated carbocycles. The first-order valence-corrected chi connectivity index (χ1v) is 6.60. The predicted octanol–water partition coefficient (Wildman–Crippen LogP) is 3.84. The maximum Gasteiger partial charge on any atom is 0.248 e. The molecule has 0 bridgehead atoms. The van der Waals surface area contributed by atoms with Crippen LogP contribution in [0.5, 0.6) is 0 Å². The third-order valence-corrected chi connectivity index (χ3v) is 4.39. The Hall–Kier alpha value is -1.42. The molecule has 2 aromatic rings. The Bertz CT molecular complexity index is 581. The van der Waals surface area contributed by atoms with Crippen LogP contribution in [-0.2, 0) is 5.41 Å². The molecule has 0 unspecified atom stereocenters. The summed E-state index contributed by atoms with van der Waals surface area (Å²) in [5.41, 5.74) is 7.47. The summed E-state index contributed by atoms with van der Waals surface area (Å²) >= 11 is 0. The lowest BCUT2D eigenvalue weighted by atomic mass is 9.68. The van der Waals surface area contributed by atoms with E-state index in [1.165, 1.54) is 0 Å². The fraction of sp³-hybridized carbons (Fsp3) is 0.467. The monoisotopic (exact) mass is 265 g/mol. The van der Waals surface area contributed by atoms with E-state index in [-0.39, 0.29) is 18.3 Å². The molecular formula is C15H17F2NO. The van der Waals surface area contributed by atoms with Gasteiger partial charge in [-0.15, -0.1) is 0 Å². The SMILES string of the molecule is NCC1(c2ccc3occc3c2)CCC(F)(F)CC1. The van der Waals surface area contributed by atoms with Gasteiger partial charge >= 0.3 is 0 Å². The first-order chi connectivity index (χ1) is 9.05. The van der Waals surface area contributed by atoms with E-state index in [4.69, 9.17) is 10.2 Å². The molecule has 0 atom stereocenters. The minimum Gasteiger partial charge on any atom is -0.464 e. The molecular weight excluding hydrogens is 248 g/mol. The molecule has 2 N–H and O–H groups in total. The van der Waals surface area contributed by atoms with E-state index in [2.05, 4.69) is 0 Å². The van der Waals surface area contributed by atoms with E-state index in [1.54, 1.807) is 6.26 Å². The van der Waals surface area contributed by atoms with Crippen LogP contribution in [0.15, 0.2) is 34.9 Å². The number of benzene rings is 1. The Morgan fingerprint density at radius 1 is 1.11 bits per heavy atom. The Morgan fingerprint density at radius 3 is 2.53 bits per heavy atom. The lowest BCUT2D eigenvalue weighted by Gasteiger charge is -2.39. The van der Waals surface area contributed by atoms with Crippen LogP contribution in [-0.4, -0.2) is 12.5 Å². The third-order valence-electron chi connectivity index (χ3n) is 4.39. The Morgan fingerprint density at radius 2 is 1.84 bits per heavy atom. The van der Waals surface area contributed by atoms with Crippen molar-refractivity contribution < 1.29 is 13.2 Å². The summed E-state index contributed by atoms with van der Waals surface area (Å²) < 4.78 is 32.0. The van der Waals surface area contributed by atoms with Crippen molar-refractivity contribution in [3.63, 3.8) is 0 Å². The minimum atomic E-state index is -2.53. The minimum absolute atomic E-state index is 0.0758. The van der Waals surface area contributed by atoms with E-state index >= 15 is 0 Å². The van der Waals surface area contributed by atoms with Crippen LogP contribution in [0.25, 0.3) is 11.0 Å². The van der Waals surface area contributed by atoms with Gasteiger partial charge < -0.3 is 10.2 Å². The second-order valence-corrected chi connectivity index (χ2v) is 5.51. The van der Waals surface area contributed by atoms with Gasteiger partial charge in [-0.05, 0) is 36.6 Å². The predicted molar refractivity (Wildman–Crippen MR) is 70.4 cm³/mol. The summed E-state index contributed by atoms with van der Waals surface area (Å²) in [6, 6.07) is 7.77.